The van der Waals surface area contributed by atoms with Crippen LogP contribution in [0.25, 0.3) is 6.08 Å². The Hall–Kier alpha value is -2.60. The van der Waals surface area contributed by atoms with E-state index in [1.54, 1.807) is 12.1 Å². The zero-order chi connectivity index (χ0) is 15.7. The molecule has 0 spiro atoms. The van der Waals surface area contributed by atoms with Gasteiger partial charge in [0.05, 0.1) is 18.6 Å². The fraction of sp³-hybridized carbons (Fsp3) is 0.200. The number of ether oxygens (including phenoxy) is 2. The molecule has 0 amide bonds. The highest BCUT2D eigenvalue weighted by atomic mass is 16.7. The van der Waals surface area contributed by atoms with Crippen molar-refractivity contribution in [1.82, 2.24) is 5.32 Å². The number of rotatable bonds is 8. The number of hydrogen-bond acceptors (Lipinski definition) is 6. The van der Waals surface area contributed by atoms with Crippen molar-refractivity contribution >= 4 is 18.2 Å². The summed E-state index contributed by atoms with van der Waals surface area (Å²) in [4.78, 5) is 21.5. The van der Waals surface area contributed by atoms with Gasteiger partial charge in [-0.3, -0.25) is 4.79 Å². The summed E-state index contributed by atoms with van der Waals surface area (Å²) in [5.41, 5.74) is 1.50. The van der Waals surface area contributed by atoms with Crippen LogP contribution in [-0.2, 0) is 16.0 Å². The molecule has 0 saturated carbocycles. The SMILES string of the molecule is C=COC(=O)CNCCc1ccc(OC(=O)[O-])c(C=C)c1. The summed E-state index contributed by atoms with van der Waals surface area (Å²) in [7, 11) is 0. The smallest absolute Gasteiger partial charge is 0.324 e. The predicted octanol–water partition coefficient (Wildman–Crippen LogP) is 0.870. The maximum Gasteiger partial charge on any atom is 0.324 e. The third kappa shape index (κ3) is 5.92. The molecule has 1 rings (SSSR count). The van der Waals surface area contributed by atoms with Gasteiger partial charge in [0.15, 0.2) is 0 Å². The third-order valence-electron chi connectivity index (χ3n) is 2.56. The van der Waals surface area contributed by atoms with Crippen molar-refractivity contribution in [3.8, 4) is 5.75 Å². The second-order valence-electron chi connectivity index (χ2n) is 4.01. The van der Waals surface area contributed by atoms with Gasteiger partial charge >= 0.3 is 5.97 Å². The first-order valence-corrected chi connectivity index (χ1v) is 6.22. The Morgan fingerprint density at radius 3 is 2.71 bits per heavy atom. The molecule has 0 heterocycles. The van der Waals surface area contributed by atoms with Gasteiger partial charge in [-0.25, -0.2) is 0 Å². The minimum absolute atomic E-state index is 0.0895. The topological polar surface area (TPSA) is 87.7 Å². The molecule has 0 unspecified atom stereocenters. The van der Waals surface area contributed by atoms with Crippen molar-refractivity contribution in [2.75, 3.05) is 13.1 Å². The van der Waals surface area contributed by atoms with Gasteiger partial charge < -0.3 is 24.7 Å². The van der Waals surface area contributed by atoms with Crippen molar-refractivity contribution in [3.63, 3.8) is 0 Å². The number of hydrogen-bond donors (Lipinski definition) is 1. The molecule has 1 N–H and O–H groups in total. The fourth-order valence-corrected chi connectivity index (χ4v) is 1.65. The van der Waals surface area contributed by atoms with Gasteiger partial charge in [-0.1, -0.05) is 25.3 Å². The Bertz CT molecular complexity index is 539. The van der Waals surface area contributed by atoms with Gasteiger partial charge in [0.1, 0.15) is 0 Å². The van der Waals surface area contributed by atoms with Crippen LogP contribution in [0.4, 0.5) is 4.79 Å². The number of benzene rings is 1. The molecule has 0 fully saturated rings. The summed E-state index contributed by atoms with van der Waals surface area (Å²) in [6, 6.07) is 5.03. The summed E-state index contributed by atoms with van der Waals surface area (Å²) in [5.74, 6) is -0.231. The largest absolute Gasteiger partial charge is 0.513 e. The van der Waals surface area contributed by atoms with E-state index in [0.29, 0.717) is 18.5 Å². The van der Waals surface area contributed by atoms with E-state index in [4.69, 9.17) is 0 Å². The molecule has 0 aliphatic heterocycles. The van der Waals surface area contributed by atoms with Crippen LogP contribution in [0.15, 0.2) is 37.6 Å². The molecule has 6 heteroatoms. The van der Waals surface area contributed by atoms with E-state index in [1.807, 2.05) is 0 Å². The minimum Gasteiger partial charge on any atom is -0.513 e. The van der Waals surface area contributed by atoms with E-state index < -0.39 is 12.1 Å². The first-order chi connectivity index (χ1) is 10.1. The Balaban J connectivity index is 2.52. The van der Waals surface area contributed by atoms with E-state index in [2.05, 4.69) is 27.9 Å². The average Bonchev–Trinajstić information content (AvgIpc) is 2.44. The number of carbonyl (C=O) groups excluding carboxylic acids is 2. The summed E-state index contributed by atoms with van der Waals surface area (Å²) in [6.07, 6.45) is 1.61. The molecular weight excluding hydrogens is 274 g/mol. The van der Waals surface area contributed by atoms with Crippen molar-refractivity contribution in [1.29, 1.82) is 0 Å². The lowest BCUT2D eigenvalue weighted by molar-refractivity contribution is -0.271. The van der Waals surface area contributed by atoms with Gasteiger partial charge in [0, 0.05) is 0 Å². The summed E-state index contributed by atoms with van der Waals surface area (Å²) >= 11 is 0. The van der Waals surface area contributed by atoms with Crippen LogP contribution < -0.4 is 15.2 Å². The van der Waals surface area contributed by atoms with E-state index in [9.17, 15) is 14.7 Å². The van der Waals surface area contributed by atoms with Gasteiger partial charge in [0.25, 0.3) is 6.16 Å². The van der Waals surface area contributed by atoms with Crippen molar-refractivity contribution in [3.05, 3.63) is 48.7 Å². The lowest BCUT2D eigenvalue weighted by atomic mass is 10.1. The number of carbonyl (C=O) groups is 2. The maximum absolute atomic E-state index is 11.1. The van der Waals surface area contributed by atoms with Gasteiger partial charge in [-0.05, 0) is 36.2 Å². The normalized spacial score (nSPS) is 9.71. The van der Waals surface area contributed by atoms with E-state index in [1.165, 1.54) is 12.1 Å². The maximum atomic E-state index is 11.1. The molecule has 0 aliphatic rings. The molecule has 0 radical (unpaired) electrons. The average molecular weight is 290 g/mol. The van der Waals surface area contributed by atoms with Crippen LogP contribution >= 0.6 is 0 Å². The van der Waals surface area contributed by atoms with Crippen LogP contribution in [0.2, 0.25) is 0 Å². The summed E-state index contributed by atoms with van der Waals surface area (Å²) in [6.45, 7) is 7.54. The monoisotopic (exact) mass is 290 g/mol. The molecule has 112 valence electrons. The zero-order valence-corrected chi connectivity index (χ0v) is 11.5. The minimum atomic E-state index is -1.62. The zero-order valence-electron chi connectivity index (χ0n) is 11.5. The third-order valence-corrected chi connectivity index (χ3v) is 2.56. The molecule has 21 heavy (non-hydrogen) atoms. The molecule has 6 nitrogen and oxygen atoms in total. The van der Waals surface area contributed by atoms with Crippen molar-refractivity contribution < 1.29 is 24.2 Å². The van der Waals surface area contributed by atoms with E-state index >= 15 is 0 Å². The molecule has 0 bridgehead atoms. The first kappa shape index (κ1) is 16.5. The number of carboxylic acid groups (broad SMARTS) is 1. The highest BCUT2D eigenvalue weighted by Gasteiger charge is 2.03. The lowest BCUT2D eigenvalue weighted by Gasteiger charge is -2.13. The van der Waals surface area contributed by atoms with E-state index in [0.717, 1.165) is 11.8 Å². The van der Waals surface area contributed by atoms with Gasteiger partial charge in [0.2, 0.25) is 0 Å². The Morgan fingerprint density at radius 2 is 2.10 bits per heavy atom. The summed E-state index contributed by atoms with van der Waals surface area (Å²) in [5, 5.41) is 13.3. The second-order valence-corrected chi connectivity index (χ2v) is 4.01. The number of nitrogens with one attached hydrogen (secondary N) is 1. The van der Waals surface area contributed by atoms with Crippen LogP contribution in [0.3, 0.4) is 0 Å². The fourth-order valence-electron chi connectivity index (χ4n) is 1.65. The lowest BCUT2D eigenvalue weighted by Crippen LogP contribution is -2.27. The second kappa shape index (κ2) is 8.55. The van der Waals surface area contributed by atoms with Crippen LogP contribution in [0, 0.1) is 0 Å². The molecular formula is C15H16NO5-. The highest BCUT2D eigenvalue weighted by Crippen LogP contribution is 2.21. The summed E-state index contributed by atoms with van der Waals surface area (Å²) < 4.78 is 9.08. The Kier molecular flexibility index (Phi) is 6.70. The van der Waals surface area contributed by atoms with Gasteiger partial charge in [-0.15, -0.1) is 0 Å². The standard InChI is InChI=1S/C15H17NO5/c1-3-12-9-11(5-6-13(12)21-15(18)19)7-8-16-10-14(17)20-4-2/h3-6,9,16H,1-2,7-8,10H2,(H,18,19)/p-1. The van der Waals surface area contributed by atoms with E-state index in [-0.39, 0.29) is 12.3 Å². The van der Waals surface area contributed by atoms with Crippen LogP contribution in [0.5, 0.6) is 5.75 Å². The molecule has 1 aromatic rings. The Morgan fingerprint density at radius 1 is 1.33 bits per heavy atom. The van der Waals surface area contributed by atoms with Gasteiger partial charge in [-0.2, -0.15) is 0 Å². The van der Waals surface area contributed by atoms with Crippen molar-refractivity contribution in [2.24, 2.45) is 0 Å². The van der Waals surface area contributed by atoms with Crippen molar-refractivity contribution in [2.45, 2.75) is 6.42 Å². The van der Waals surface area contributed by atoms with Crippen LogP contribution in [0.1, 0.15) is 11.1 Å². The predicted molar refractivity (Wildman–Crippen MR) is 75.4 cm³/mol. The quantitative estimate of drug-likeness (QED) is 0.331. The first-order valence-electron chi connectivity index (χ1n) is 6.22. The number of esters is 1. The molecule has 0 saturated heterocycles. The molecule has 1 aromatic carbocycles. The van der Waals surface area contributed by atoms with Crippen LogP contribution in [-0.4, -0.2) is 25.2 Å². The molecule has 0 aliphatic carbocycles. The molecule has 0 aromatic heterocycles. The molecule has 0 atom stereocenters. The Labute approximate surface area is 122 Å². The highest BCUT2D eigenvalue weighted by molar-refractivity contribution is 5.72.